The molecule has 6 heteroatoms. The minimum absolute atomic E-state index is 0.406. The van der Waals surface area contributed by atoms with Gasteiger partial charge in [-0.2, -0.15) is 0 Å². The lowest BCUT2D eigenvalue weighted by Crippen LogP contribution is -2.08. The van der Waals surface area contributed by atoms with Crippen LogP contribution in [0.5, 0.6) is 0 Å². The molecule has 0 amide bonds. The molecule has 1 aliphatic carbocycles. The summed E-state index contributed by atoms with van der Waals surface area (Å²) in [4.78, 5) is 22.7. The van der Waals surface area contributed by atoms with E-state index in [4.69, 9.17) is 21.6 Å². The van der Waals surface area contributed by atoms with Gasteiger partial charge in [0.2, 0.25) is 0 Å². The van der Waals surface area contributed by atoms with Crippen LogP contribution < -0.4 is 5.63 Å². The molecule has 0 radical (unpaired) electrons. The topological polar surface area (TPSA) is 58.9 Å². The Bertz CT molecular complexity index is 1280. The van der Waals surface area contributed by atoms with Crippen molar-refractivity contribution in [2.75, 3.05) is 0 Å². The van der Waals surface area contributed by atoms with Crippen molar-refractivity contribution in [3.05, 3.63) is 55.8 Å². The van der Waals surface area contributed by atoms with Gasteiger partial charge in [0.15, 0.2) is 0 Å². The molecule has 0 aliphatic heterocycles. The van der Waals surface area contributed by atoms with Crippen LogP contribution in [0.4, 0.5) is 0 Å². The molecule has 1 N–H and O–H groups in total. The maximum atomic E-state index is 12.5. The van der Waals surface area contributed by atoms with Crippen molar-refractivity contribution >= 4 is 44.7 Å². The summed E-state index contributed by atoms with van der Waals surface area (Å²) in [5, 5.41) is 1.92. The number of nitrogens with one attached hydrogen (secondary N) is 1. The quantitative estimate of drug-likeness (QED) is 0.362. The molecule has 1 unspecified atom stereocenters. The predicted octanol–water partition coefficient (Wildman–Crippen LogP) is 5.25. The number of aromatic amines is 1. The summed E-state index contributed by atoms with van der Waals surface area (Å²) in [6, 6.07) is 9.28. The molecule has 3 aromatic heterocycles. The maximum Gasteiger partial charge on any atom is 0.347 e. The Kier molecular flexibility index (Phi) is 3.58. The Balaban J connectivity index is 1.75. The molecule has 1 aromatic carbocycles. The third kappa shape index (κ3) is 2.44. The Hall–Kier alpha value is -2.31. The van der Waals surface area contributed by atoms with Crippen molar-refractivity contribution in [3.8, 4) is 11.4 Å². The molecule has 0 bridgehead atoms. The average Bonchev–Trinajstić information content (AvgIpc) is 2.98. The number of rotatable bonds is 1. The fourth-order valence-electron chi connectivity index (χ4n) is 3.70. The summed E-state index contributed by atoms with van der Waals surface area (Å²) in [5.74, 6) is 1.17. The van der Waals surface area contributed by atoms with Crippen LogP contribution in [0, 0.1) is 10.6 Å². The van der Waals surface area contributed by atoms with E-state index in [1.807, 2.05) is 24.3 Å². The summed E-state index contributed by atoms with van der Waals surface area (Å²) >= 11 is 7.33. The molecule has 0 fully saturated rings. The first-order valence-electron chi connectivity index (χ1n) is 8.68. The van der Waals surface area contributed by atoms with Gasteiger partial charge in [-0.1, -0.05) is 37.3 Å². The summed E-state index contributed by atoms with van der Waals surface area (Å²) < 4.78 is 6.11. The van der Waals surface area contributed by atoms with Gasteiger partial charge in [-0.3, -0.25) is 0 Å². The van der Waals surface area contributed by atoms with E-state index in [1.54, 1.807) is 17.4 Å². The average molecular weight is 380 g/mol. The smallest absolute Gasteiger partial charge is 0.347 e. The van der Waals surface area contributed by atoms with Crippen molar-refractivity contribution in [2.24, 2.45) is 5.92 Å². The molecular weight excluding hydrogens is 364 g/mol. The second kappa shape index (κ2) is 5.86. The van der Waals surface area contributed by atoms with Gasteiger partial charge in [0.1, 0.15) is 26.4 Å². The van der Waals surface area contributed by atoms with Crippen LogP contribution in [0.1, 0.15) is 23.8 Å². The van der Waals surface area contributed by atoms with E-state index in [0.29, 0.717) is 27.5 Å². The number of hydrogen-bond acceptors (Lipinski definition) is 5. The molecule has 4 aromatic rings. The highest BCUT2D eigenvalue weighted by molar-refractivity contribution is 7.71. The molecule has 4 nitrogen and oxygen atoms in total. The first kappa shape index (κ1) is 15.9. The van der Waals surface area contributed by atoms with Crippen LogP contribution in [0.2, 0.25) is 0 Å². The minimum Gasteiger partial charge on any atom is -0.422 e. The van der Waals surface area contributed by atoms with Gasteiger partial charge < -0.3 is 9.40 Å². The van der Waals surface area contributed by atoms with Crippen LogP contribution in [0.3, 0.4) is 0 Å². The molecule has 3 heterocycles. The van der Waals surface area contributed by atoms with E-state index in [0.717, 1.165) is 28.4 Å². The predicted molar refractivity (Wildman–Crippen MR) is 107 cm³/mol. The normalized spacial score (nSPS) is 16.9. The van der Waals surface area contributed by atoms with E-state index >= 15 is 0 Å². The maximum absolute atomic E-state index is 12.5. The fraction of sp³-hybridized carbons (Fsp3) is 0.250. The van der Waals surface area contributed by atoms with Crippen LogP contribution in [-0.4, -0.2) is 9.97 Å². The Morgan fingerprint density at radius 1 is 1.35 bits per heavy atom. The standard InChI is InChI=1S/C20H16N2O2S2/c1-10-6-7-12-15(8-10)26-19-16(12)18(25)21-17(22-19)13-9-11-4-2-3-5-14(11)24-20(13)23/h2-5,9-10H,6-8H2,1H3,(H,21,22,25). The summed E-state index contributed by atoms with van der Waals surface area (Å²) in [7, 11) is 0. The number of aromatic nitrogens is 2. The zero-order chi connectivity index (χ0) is 17.8. The Labute approximate surface area is 158 Å². The number of hydrogen-bond donors (Lipinski definition) is 1. The molecule has 0 saturated heterocycles. The highest BCUT2D eigenvalue weighted by Crippen LogP contribution is 2.38. The van der Waals surface area contributed by atoms with E-state index in [1.165, 1.54) is 16.9 Å². The van der Waals surface area contributed by atoms with Gasteiger partial charge in [-0.05, 0) is 42.9 Å². The largest absolute Gasteiger partial charge is 0.422 e. The second-order valence-electron chi connectivity index (χ2n) is 6.93. The van der Waals surface area contributed by atoms with E-state index in [-0.39, 0.29) is 0 Å². The van der Waals surface area contributed by atoms with Crippen LogP contribution >= 0.6 is 23.6 Å². The highest BCUT2D eigenvalue weighted by Gasteiger charge is 2.22. The molecule has 130 valence electrons. The lowest BCUT2D eigenvalue weighted by Gasteiger charge is -2.17. The number of H-pyrrole nitrogens is 1. The van der Waals surface area contributed by atoms with Crippen molar-refractivity contribution in [1.29, 1.82) is 0 Å². The van der Waals surface area contributed by atoms with Crippen LogP contribution in [0.15, 0.2) is 39.5 Å². The number of fused-ring (bicyclic) bond motifs is 4. The van der Waals surface area contributed by atoms with Crippen molar-refractivity contribution < 1.29 is 4.42 Å². The number of nitrogens with zero attached hydrogens (tertiary/aromatic N) is 1. The number of benzene rings is 1. The lowest BCUT2D eigenvalue weighted by atomic mass is 9.89. The van der Waals surface area contributed by atoms with Gasteiger partial charge in [0.25, 0.3) is 0 Å². The molecule has 1 atom stereocenters. The molecular formula is C20H16N2O2S2. The number of para-hydroxylation sites is 1. The van der Waals surface area contributed by atoms with Crippen molar-refractivity contribution in [1.82, 2.24) is 9.97 Å². The summed E-state index contributed by atoms with van der Waals surface area (Å²) in [6.07, 6.45) is 3.31. The molecule has 0 saturated carbocycles. The van der Waals surface area contributed by atoms with Gasteiger partial charge in [-0.15, -0.1) is 11.3 Å². The summed E-state index contributed by atoms with van der Waals surface area (Å²) in [5.41, 5.74) is 1.92. The zero-order valence-electron chi connectivity index (χ0n) is 14.2. The van der Waals surface area contributed by atoms with E-state index in [9.17, 15) is 4.79 Å². The van der Waals surface area contributed by atoms with E-state index in [2.05, 4.69) is 11.9 Å². The number of thiophene rings is 1. The van der Waals surface area contributed by atoms with Gasteiger partial charge in [-0.25, -0.2) is 9.78 Å². The zero-order valence-corrected chi connectivity index (χ0v) is 15.8. The van der Waals surface area contributed by atoms with Crippen molar-refractivity contribution in [3.63, 3.8) is 0 Å². The monoisotopic (exact) mass is 380 g/mol. The number of aryl methyl sites for hydroxylation is 1. The van der Waals surface area contributed by atoms with Gasteiger partial charge in [0, 0.05) is 15.6 Å². The van der Waals surface area contributed by atoms with Gasteiger partial charge >= 0.3 is 5.63 Å². The van der Waals surface area contributed by atoms with Crippen molar-refractivity contribution in [2.45, 2.75) is 26.2 Å². The first-order chi connectivity index (χ1) is 12.6. The van der Waals surface area contributed by atoms with Gasteiger partial charge in [0.05, 0.1) is 0 Å². The summed E-state index contributed by atoms with van der Waals surface area (Å²) in [6.45, 7) is 2.28. The third-order valence-electron chi connectivity index (χ3n) is 5.06. The Morgan fingerprint density at radius 3 is 3.08 bits per heavy atom. The lowest BCUT2D eigenvalue weighted by molar-refractivity contribution is 0.509. The SMILES string of the molecule is CC1CCc2c(sc3nc(-c4cc5ccccc5oc4=O)[nH]c(=S)c23)C1. The molecule has 26 heavy (non-hydrogen) atoms. The minimum atomic E-state index is -0.406. The first-order valence-corrected chi connectivity index (χ1v) is 9.90. The molecule has 1 aliphatic rings. The van der Waals surface area contributed by atoms with E-state index < -0.39 is 5.63 Å². The highest BCUT2D eigenvalue weighted by atomic mass is 32.1. The Morgan fingerprint density at radius 2 is 2.19 bits per heavy atom. The van der Waals surface area contributed by atoms with Crippen LogP contribution in [-0.2, 0) is 12.8 Å². The van der Waals surface area contributed by atoms with Crippen LogP contribution in [0.25, 0.3) is 32.6 Å². The fourth-order valence-corrected chi connectivity index (χ4v) is 5.48. The second-order valence-corrected chi connectivity index (χ2v) is 8.42. The molecule has 5 rings (SSSR count). The third-order valence-corrected chi connectivity index (χ3v) is 6.52. The molecule has 0 spiro atoms.